The van der Waals surface area contributed by atoms with Crippen LogP contribution >= 0.6 is 23.2 Å². The molecule has 0 saturated heterocycles. The molecule has 40 heavy (non-hydrogen) atoms. The number of nitrogens with zero attached hydrogens (tertiary/aromatic N) is 2. The molecule has 214 valence electrons. The highest BCUT2D eigenvalue weighted by atomic mass is 35.5. The third-order valence-electron chi connectivity index (χ3n) is 6.22. The third kappa shape index (κ3) is 8.46. The van der Waals surface area contributed by atoms with Gasteiger partial charge in [0, 0.05) is 34.1 Å². The largest absolute Gasteiger partial charge is 0.350 e. The van der Waals surface area contributed by atoms with Crippen molar-refractivity contribution in [3.05, 3.63) is 99.5 Å². The molecule has 3 aromatic carbocycles. The van der Waals surface area contributed by atoms with E-state index in [9.17, 15) is 18.0 Å². The van der Waals surface area contributed by atoms with Crippen LogP contribution in [0.3, 0.4) is 0 Å². The van der Waals surface area contributed by atoms with Crippen LogP contribution in [0, 0.1) is 6.92 Å². The fourth-order valence-corrected chi connectivity index (χ4v) is 5.72. The average Bonchev–Trinajstić information content (AvgIpc) is 2.85. The minimum absolute atomic E-state index is 0.0994. The summed E-state index contributed by atoms with van der Waals surface area (Å²) in [6.45, 7) is 6.72. The van der Waals surface area contributed by atoms with Crippen LogP contribution in [0.2, 0.25) is 10.0 Å². The topological polar surface area (TPSA) is 86.8 Å². The Labute approximate surface area is 247 Å². The summed E-state index contributed by atoms with van der Waals surface area (Å²) in [5, 5.41) is 3.65. The highest BCUT2D eigenvalue weighted by Crippen LogP contribution is 2.28. The number of nitrogens with one attached hydrogen (secondary N) is 1. The molecule has 1 N–H and O–H groups in total. The molecule has 0 heterocycles. The van der Waals surface area contributed by atoms with E-state index in [4.69, 9.17) is 23.2 Å². The van der Waals surface area contributed by atoms with Gasteiger partial charge in [-0.3, -0.25) is 13.9 Å². The Morgan fingerprint density at radius 1 is 0.900 bits per heavy atom. The molecule has 2 amide bonds. The van der Waals surface area contributed by atoms with Gasteiger partial charge in [-0.15, -0.1) is 0 Å². The molecule has 0 unspecified atom stereocenters. The number of carbonyl (C=O) groups excluding carboxylic acids is 2. The molecule has 1 atom stereocenters. The number of anilines is 1. The Hall–Kier alpha value is -3.07. The first kappa shape index (κ1) is 31.5. The number of amides is 2. The van der Waals surface area contributed by atoms with Crippen LogP contribution in [-0.2, 0) is 32.6 Å². The SMILES string of the molecule is Cc1ccccc1N(CC(=O)N(Cc1c(Cl)cccc1Cl)[C@H](Cc1ccccc1)C(=O)NC(C)(C)C)S(C)(=O)=O. The van der Waals surface area contributed by atoms with Gasteiger partial charge in [-0.05, 0) is 57.0 Å². The van der Waals surface area contributed by atoms with Gasteiger partial charge in [-0.2, -0.15) is 0 Å². The van der Waals surface area contributed by atoms with Gasteiger partial charge in [-0.1, -0.05) is 77.8 Å². The van der Waals surface area contributed by atoms with E-state index in [-0.39, 0.29) is 18.9 Å². The first-order valence-electron chi connectivity index (χ1n) is 12.8. The van der Waals surface area contributed by atoms with Gasteiger partial charge in [0.1, 0.15) is 12.6 Å². The lowest BCUT2D eigenvalue weighted by atomic mass is 10.0. The number of aryl methyl sites for hydroxylation is 1. The molecule has 0 aromatic heterocycles. The van der Waals surface area contributed by atoms with Crippen LogP contribution in [0.4, 0.5) is 5.69 Å². The molecule has 10 heteroatoms. The molecular formula is C30H35Cl2N3O4S. The van der Waals surface area contributed by atoms with Crippen LogP contribution < -0.4 is 9.62 Å². The highest BCUT2D eigenvalue weighted by molar-refractivity contribution is 7.92. The van der Waals surface area contributed by atoms with E-state index < -0.39 is 34.1 Å². The van der Waals surface area contributed by atoms with E-state index in [2.05, 4.69) is 5.32 Å². The number of carbonyl (C=O) groups is 2. The zero-order chi connectivity index (χ0) is 29.7. The van der Waals surface area contributed by atoms with Crippen LogP contribution in [0.15, 0.2) is 72.8 Å². The van der Waals surface area contributed by atoms with E-state index in [1.165, 1.54) is 4.90 Å². The normalized spacial score (nSPS) is 12.5. The summed E-state index contributed by atoms with van der Waals surface area (Å²) in [5.41, 5.74) is 1.78. The predicted molar refractivity (Wildman–Crippen MR) is 162 cm³/mol. The van der Waals surface area contributed by atoms with Crippen LogP contribution in [0.25, 0.3) is 0 Å². The summed E-state index contributed by atoms with van der Waals surface area (Å²) in [6.07, 6.45) is 1.25. The Kier molecular flexibility index (Phi) is 10.3. The van der Waals surface area contributed by atoms with E-state index in [0.717, 1.165) is 16.1 Å². The van der Waals surface area contributed by atoms with Crippen molar-refractivity contribution < 1.29 is 18.0 Å². The van der Waals surface area contributed by atoms with E-state index in [1.807, 2.05) is 51.1 Å². The second kappa shape index (κ2) is 13.1. The lowest BCUT2D eigenvalue weighted by Crippen LogP contribution is -2.56. The Bertz CT molecular complexity index is 1440. The summed E-state index contributed by atoms with van der Waals surface area (Å²) in [7, 11) is -3.86. The summed E-state index contributed by atoms with van der Waals surface area (Å²) < 4.78 is 26.9. The third-order valence-corrected chi connectivity index (χ3v) is 8.06. The van der Waals surface area contributed by atoms with Crippen molar-refractivity contribution in [2.45, 2.75) is 52.2 Å². The molecular weight excluding hydrogens is 569 g/mol. The van der Waals surface area contributed by atoms with Crippen molar-refractivity contribution in [1.82, 2.24) is 10.2 Å². The van der Waals surface area contributed by atoms with Gasteiger partial charge in [0.15, 0.2) is 0 Å². The number of halogens is 2. The fraction of sp³-hybridized carbons (Fsp3) is 0.333. The van der Waals surface area contributed by atoms with Crippen LogP contribution in [0.1, 0.15) is 37.5 Å². The molecule has 0 aliphatic carbocycles. The zero-order valence-electron chi connectivity index (χ0n) is 23.3. The summed E-state index contributed by atoms with van der Waals surface area (Å²) in [4.78, 5) is 29.3. The molecule has 0 saturated carbocycles. The minimum Gasteiger partial charge on any atom is -0.350 e. The summed E-state index contributed by atoms with van der Waals surface area (Å²) in [5.74, 6) is -0.954. The zero-order valence-corrected chi connectivity index (χ0v) is 25.6. The fourth-order valence-electron chi connectivity index (χ4n) is 4.30. The maximum Gasteiger partial charge on any atom is 0.244 e. The molecule has 0 fully saturated rings. The first-order chi connectivity index (χ1) is 18.7. The van der Waals surface area contributed by atoms with Gasteiger partial charge in [-0.25, -0.2) is 8.42 Å². The summed E-state index contributed by atoms with van der Waals surface area (Å²) in [6, 6.07) is 20.3. The van der Waals surface area contributed by atoms with Gasteiger partial charge in [0.2, 0.25) is 21.8 Å². The van der Waals surface area contributed by atoms with E-state index in [1.54, 1.807) is 49.4 Å². The number of sulfonamides is 1. The summed E-state index contributed by atoms with van der Waals surface area (Å²) >= 11 is 13.0. The molecule has 7 nitrogen and oxygen atoms in total. The van der Waals surface area contributed by atoms with Gasteiger partial charge >= 0.3 is 0 Å². The van der Waals surface area contributed by atoms with Gasteiger partial charge in [0.05, 0.1) is 11.9 Å². The molecule has 3 rings (SSSR count). The quantitative estimate of drug-likeness (QED) is 0.326. The number of benzene rings is 3. The Morgan fingerprint density at radius 2 is 1.48 bits per heavy atom. The van der Waals surface area contributed by atoms with Crippen molar-refractivity contribution in [3.8, 4) is 0 Å². The van der Waals surface area contributed by atoms with Crippen LogP contribution in [-0.4, -0.2) is 49.5 Å². The van der Waals surface area contributed by atoms with Crippen molar-refractivity contribution in [2.75, 3.05) is 17.1 Å². The van der Waals surface area contributed by atoms with Gasteiger partial charge < -0.3 is 10.2 Å². The maximum absolute atomic E-state index is 14.2. The maximum atomic E-state index is 14.2. The monoisotopic (exact) mass is 603 g/mol. The number of rotatable bonds is 10. The number of hydrogen-bond acceptors (Lipinski definition) is 4. The molecule has 0 aliphatic rings. The van der Waals surface area contributed by atoms with Crippen molar-refractivity contribution in [1.29, 1.82) is 0 Å². The number of para-hydroxylation sites is 1. The van der Waals surface area contributed by atoms with Crippen molar-refractivity contribution in [3.63, 3.8) is 0 Å². The Balaban J connectivity index is 2.13. The van der Waals surface area contributed by atoms with Crippen molar-refractivity contribution >= 4 is 50.7 Å². The molecule has 3 aromatic rings. The number of hydrogen-bond donors (Lipinski definition) is 1. The Morgan fingerprint density at radius 3 is 2.02 bits per heavy atom. The van der Waals surface area contributed by atoms with Gasteiger partial charge in [0.25, 0.3) is 0 Å². The minimum atomic E-state index is -3.86. The smallest absolute Gasteiger partial charge is 0.244 e. The van der Waals surface area contributed by atoms with E-state index in [0.29, 0.717) is 26.9 Å². The van der Waals surface area contributed by atoms with E-state index >= 15 is 0 Å². The standard InChI is InChI=1S/C30H35Cl2N3O4S/c1-21-12-9-10-17-26(21)35(40(5,38)39)20-28(36)34(19-23-24(31)15-11-16-25(23)32)27(29(37)33-30(2,3)4)18-22-13-7-6-8-14-22/h6-17,27H,18-20H2,1-5H3,(H,33,37)/t27-/m1/s1. The van der Waals surface area contributed by atoms with Crippen LogP contribution in [0.5, 0.6) is 0 Å². The molecule has 0 bridgehead atoms. The molecule has 0 radical (unpaired) electrons. The highest BCUT2D eigenvalue weighted by Gasteiger charge is 2.35. The second-order valence-electron chi connectivity index (χ2n) is 10.7. The lowest BCUT2D eigenvalue weighted by Gasteiger charge is -2.35. The lowest BCUT2D eigenvalue weighted by molar-refractivity contribution is -0.140. The second-order valence-corrected chi connectivity index (χ2v) is 13.4. The van der Waals surface area contributed by atoms with Crippen molar-refractivity contribution in [2.24, 2.45) is 0 Å². The average molecular weight is 605 g/mol. The molecule has 0 aliphatic heterocycles. The predicted octanol–water partition coefficient (Wildman–Crippen LogP) is 5.62. The first-order valence-corrected chi connectivity index (χ1v) is 15.4. The molecule has 0 spiro atoms.